The largest absolute Gasteiger partial charge is 0.466 e. The molecule has 1 aromatic carbocycles. The van der Waals surface area contributed by atoms with Gasteiger partial charge >= 0.3 is 18.2 Å². The molecule has 1 unspecified atom stereocenters. The van der Waals surface area contributed by atoms with E-state index in [4.69, 9.17) is 9.47 Å². The molecule has 2 saturated carbocycles. The normalized spacial score (nSPS) is 23.9. The van der Waals surface area contributed by atoms with E-state index >= 15 is 0 Å². The molecule has 5 atom stereocenters. The summed E-state index contributed by atoms with van der Waals surface area (Å²) in [6, 6.07) is 1.86. The molecule has 0 aromatic heterocycles. The molecule has 3 N–H and O–H groups in total. The summed E-state index contributed by atoms with van der Waals surface area (Å²) in [4.78, 5) is 82.1. The third-order valence-electron chi connectivity index (χ3n) is 9.62. The van der Waals surface area contributed by atoms with Gasteiger partial charge in [-0.15, -0.1) is 6.58 Å². The Morgan fingerprint density at radius 1 is 1.13 bits per heavy atom. The zero-order chi connectivity index (χ0) is 39.6. The first-order valence-electron chi connectivity index (χ1n) is 17.6. The van der Waals surface area contributed by atoms with E-state index in [9.17, 15) is 41.6 Å². The molecule has 4 aliphatic rings. The lowest BCUT2D eigenvalue weighted by atomic mass is 10.1. The zero-order valence-electron chi connectivity index (χ0n) is 30.6. The second-order valence-corrected chi connectivity index (χ2v) is 16.8. The first-order chi connectivity index (χ1) is 25.4. The van der Waals surface area contributed by atoms with E-state index in [1.807, 2.05) is 0 Å². The molecule has 0 radical (unpaired) electrons. The highest BCUT2D eigenvalue weighted by molar-refractivity contribution is 7.91. The van der Waals surface area contributed by atoms with Crippen LogP contribution in [-0.4, -0.2) is 102 Å². The van der Waals surface area contributed by atoms with Gasteiger partial charge in [0, 0.05) is 30.5 Å². The summed E-state index contributed by atoms with van der Waals surface area (Å²) in [6.07, 6.45) is 1.91. The number of fused-ring (bicyclic) bond motifs is 1. The standard InChI is InChI=1S/C36H46FN5O11S/c1-6-22-17-36(22,32(46)40-54(49,50)24-14-15-24)39-30(44)28-16-23(52-34(48)41-18-21-10-9-11-26(37)25(21)20-41)19-42(28)31(45)27(12-7-8-13-29(43)51-5)38-33(47)53-35(2,3)4/h6,8-11,13,22-24,27-28H,1,7,12,14-20H2,2-5H3,(H,38,47)(H,39,44)(H,40,46)/b13-8+/t22-,23-,27+,28?,36-/m1/s1. The van der Waals surface area contributed by atoms with Gasteiger partial charge in [-0.1, -0.05) is 24.3 Å². The number of nitrogens with zero attached hydrogens (tertiary/aromatic N) is 2. The van der Waals surface area contributed by atoms with E-state index in [-0.39, 0.29) is 45.3 Å². The number of hydrogen-bond donors (Lipinski definition) is 3. The van der Waals surface area contributed by atoms with Crippen molar-refractivity contribution in [1.82, 2.24) is 25.2 Å². The lowest BCUT2D eigenvalue weighted by Crippen LogP contribution is -2.58. The van der Waals surface area contributed by atoms with Crippen molar-refractivity contribution < 1.29 is 55.8 Å². The lowest BCUT2D eigenvalue weighted by molar-refractivity contribution is -0.141. The van der Waals surface area contributed by atoms with E-state index in [1.54, 1.807) is 26.8 Å². The highest BCUT2D eigenvalue weighted by Crippen LogP contribution is 2.45. The minimum Gasteiger partial charge on any atom is -0.466 e. The third-order valence-corrected chi connectivity index (χ3v) is 11.4. The van der Waals surface area contributed by atoms with Crippen molar-refractivity contribution in [2.45, 2.75) is 107 Å². The lowest BCUT2D eigenvalue weighted by Gasteiger charge is -2.30. The average molecular weight is 776 g/mol. The maximum Gasteiger partial charge on any atom is 0.410 e. The van der Waals surface area contributed by atoms with E-state index in [1.165, 1.54) is 36.3 Å². The fraction of sp³-hybridized carbons (Fsp3) is 0.556. The van der Waals surface area contributed by atoms with Crippen LogP contribution in [0.15, 0.2) is 43.0 Å². The Morgan fingerprint density at radius 2 is 1.85 bits per heavy atom. The molecular weight excluding hydrogens is 729 g/mol. The van der Waals surface area contributed by atoms with Crippen LogP contribution in [0.4, 0.5) is 14.0 Å². The first-order valence-corrected chi connectivity index (χ1v) is 19.2. The molecule has 1 aromatic rings. The number of halogens is 1. The fourth-order valence-corrected chi connectivity index (χ4v) is 7.90. The topological polar surface area (TPSA) is 207 Å². The van der Waals surface area contributed by atoms with Crippen LogP contribution in [0.1, 0.15) is 70.4 Å². The molecule has 3 fully saturated rings. The second-order valence-electron chi connectivity index (χ2n) is 14.9. The van der Waals surface area contributed by atoms with E-state index in [2.05, 4.69) is 26.7 Å². The summed E-state index contributed by atoms with van der Waals surface area (Å²) in [5, 5.41) is 4.49. The number of alkyl carbamates (subject to hydrolysis) is 1. The van der Waals surface area contributed by atoms with Crippen LogP contribution < -0.4 is 15.4 Å². The van der Waals surface area contributed by atoms with Gasteiger partial charge in [0.05, 0.1) is 25.4 Å². The highest BCUT2D eigenvalue weighted by atomic mass is 32.2. The molecule has 2 aliphatic carbocycles. The number of methoxy groups -OCH3 is 1. The van der Waals surface area contributed by atoms with E-state index < -0.39 is 92.2 Å². The number of likely N-dealkylation sites (tertiary alicyclic amines) is 1. The molecular formula is C36H46FN5O11S. The maximum absolute atomic E-state index is 14.4. The number of rotatable bonds is 13. The Balaban J connectivity index is 1.38. The first kappa shape index (κ1) is 40.2. The van der Waals surface area contributed by atoms with Crippen molar-refractivity contribution in [3.8, 4) is 0 Å². The Hall–Kier alpha value is -5.00. The van der Waals surface area contributed by atoms with Crippen LogP contribution in [0.3, 0.4) is 0 Å². The second kappa shape index (κ2) is 15.8. The number of allylic oxidation sites excluding steroid dienone is 1. The van der Waals surface area contributed by atoms with Crippen molar-refractivity contribution in [3.63, 3.8) is 0 Å². The number of nitrogens with one attached hydrogen (secondary N) is 3. The number of sulfonamides is 1. The van der Waals surface area contributed by atoms with Crippen molar-refractivity contribution in [3.05, 3.63) is 60.0 Å². The van der Waals surface area contributed by atoms with Crippen LogP contribution in [0.5, 0.6) is 0 Å². The number of carbonyl (C=O) groups excluding carboxylic acids is 6. The van der Waals surface area contributed by atoms with Gasteiger partial charge in [0.2, 0.25) is 21.8 Å². The molecule has 16 nitrogen and oxygen atoms in total. The number of ether oxygens (including phenoxy) is 3. The molecule has 294 valence electrons. The monoisotopic (exact) mass is 775 g/mol. The predicted molar refractivity (Wildman–Crippen MR) is 189 cm³/mol. The zero-order valence-corrected chi connectivity index (χ0v) is 31.4. The molecule has 2 heterocycles. The van der Waals surface area contributed by atoms with Gasteiger partial charge in [0.25, 0.3) is 5.91 Å². The SMILES string of the molecule is C=C[C@@H]1C[C@]1(NC(=O)C1C[C@@H](OC(=O)N2Cc3cccc(F)c3C2)CN1C(=O)[C@H](CC/C=C/C(=O)OC)NC(=O)OC(C)(C)C)C(=O)NS(=O)(=O)C1CC1. The number of hydrogen-bond acceptors (Lipinski definition) is 11. The number of esters is 1. The molecule has 18 heteroatoms. The van der Waals surface area contributed by atoms with Gasteiger partial charge in [0.1, 0.15) is 35.1 Å². The summed E-state index contributed by atoms with van der Waals surface area (Å²) in [5.74, 6) is -4.24. The Labute approximate surface area is 312 Å². The maximum atomic E-state index is 14.4. The van der Waals surface area contributed by atoms with Crippen LogP contribution in [0, 0.1) is 11.7 Å². The van der Waals surface area contributed by atoms with Gasteiger partial charge in [-0.25, -0.2) is 27.2 Å². The van der Waals surface area contributed by atoms with Crippen LogP contribution in [0.25, 0.3) is 0 Å². The van der Waals surface area contributed by atoms with Crippen LogP contribution in [0.2, 0.25) is 0 Å². The van der Waals surface area contributed by atoms with E-state index in [0.29, 0.717) is 24.0 Å². The van der Waals surface area contributed by atoms with Gasteiger partial charge in [-0.2, -0.15) is 0 Å². The summed E-state index contributed by atoms with van der Waals surface area (Å²) in [7, 11) is -2.77. The molecule has 0 bridgehead atoms. The molecule has 1 saturated heterocycles. The summed E-state index contributed by atoms with van der Waals surface area (Å²) in [5.41, 5.74) is -1.63. The smallest absolute Gasteiger partial charge is 0.410 e. The Kier molecular flexibility index (Phi) is 11.7. The van der Waals surface area contributed by atoms with Crippen molar-refractivity contribution in [1.29, 1.82) is 0 Å². The predicted octanol–water partition coefficient (Wildman–Crippen LogP) is 2.32. The molecule has 2 aliphatic heterocycles. The Morgan fingerprint density at radius 3 is 2.46 bits per heavy atom. The average Bonchev–Trinajstić information content (AvgIpc) is 3.99. The van der Waals surface area contributed by atoms with Gasteiger partial charge in [0.15, 0.2) is 0 Å². The third kappa shape index (κ3) is 9.37. The molecule has 5 amide bonds. The summed E-state index contributed by atoms with van der Waals surface area (Å²) < 4.78 is 57.5. The van der Waals surface area contributed by atoms with Gasteiger partial charge in [-0.3, -0.25) is 24.0 Å². The highest BCUT2D eigenvalue weighted by Gasteiger charge is 2.62. The van der Waals surface area contributed by atoms with Crippen LogP contribution in [-0.2, 0) is 56.5 Å². The minimum absolute atomic E-state index is 0.0502. The molecule has 0 spiro atoms. The van der Waals surface area contributed by atoms with Crippen LogP contribution >= 0.6 is 0 Å². The quantitative estimate of drug-likeness (QED) is 0.115. The summed E-state index contributed by atoms with van der Waals surface area (Å²) >= 11 is 0. The molecule has 5 rings (SSSR count). The van der Waals surface area contributed by atoms with Crippen molar-refractivity contribution in [2.75, 3.05) is 13.7 Å². The summed E-state index contributed by atoms with van der Waals surface area (Å²) in [6.45, 7) is 8.32. The van der Waals surface area contributed by atoms with Crippen molar-refractivity contribution >= 4 is 45.9 Å². The van der Waals surface area contributed by atoms with Gasteiger partial charge in [-0.05, 0) is 64.5 Å². The Bertz CT molecular complexity index is 1840. The minimum atomic E-state index is -3.97. The number of carbonyl (C=O) groups is 6. The van der Waals surface area contributed by atoms with Gasteiger partial charge < -0.3 is 29.7 Å². The van der Waals surface area contributed by atoms with Crippen molar-refractivity contribution in [2.24, 2.45) is 5.92 Å². The number of amides is 5. The molecule has 54 heavy (non-hydrogen) atoms. The van der Waals surface area contributed by atoms with E-state index in [0.717, 1.165) is 11.0 Å². The number of benzene rings is 1. The fourth-order valence-electron chi connectivity index (χ4n) is 6.54.